The molecule has 36 heavy (non-hydrogen) atoms. The van der Waals surface area contributed by atoms with Crippen LogP contribution in [0.25, 0.3) is 11.5 Å². The second-order valence-corrected chi connectivity index (χ2v) is 8.71. The Hall–Kier alpha value is -3.82. The Kier molecular flexibility index (Phi) is 9.49. The summed E-state index contributed by atoms with van der Waals surface area (Å²) >= 11 is 0. The maximum Gasteiger partial charge on any atom is 0.270 e. The van der Waals surface area contributed by atoms with Crippen LogP contribution in [0.3, 0.4) is 0 Å². The van der Waals surface area contributed by atoms with Crippen molar-refractivity contribution < 1.29 is 23.2 Å². The van der Waals surface area contributed by atoms with Crippen LogP contribution < -0.4 is 15.4 Å². The Morgan fingerprint density at radius 3 is 2.50 bits per heavy atom. The summed E-state index contributed by atoms with van der Waals surface area (Å²) in [5.41, 5.74) is 2.10. The van der Waals surface area contributed by atoms with Gasteiger partial charge in [-0.05, 0) is 50.5 Å². The third kappa shape index (κ3) is 7.86. The van der Waals surface area contributed by atoms with Crippen molar-refractivity contribution in [1.29, 1.82) is 0 Å². The van der Waals surface area contributed by atoms with Crippen molar-refractivity contribution in [1.82, 2.24) is 25.8 Å². The third-order valence-corrected chi connectivity index (χ3v) is 5.63. The number of carbonyl (C=O) groups is 2. The average Bonchev–Trinajstić information content (AvgIpc) is 3.30. The fraction of sp³-hybridized carbons (Fsp3) is 0.423. The molecule has 1 fully saturated rings. The summed E-state index contributed by atoms with van der Waals surface area (Å²) in [6.45, 7) is 5.28. The number of methoxy groups -OCH3 is 1. The van der Waals surface area contributed by atoms with Crippen molar-refractivity contribution in [3.63, 3.8) is 0 Å². The minimum absolute atomic E-state index is 0.118. The van der Waals surface area contributed by atoms with Gasteiger partial charge in [0.1, 0.15) is 17.2 Å². The van der Waals surface area contributed by atoms with Gasteiger partial charge in [-0.3, -0.25) is 9.59 Å². The fourth-order valence-electron chi connectivity index (χ4n) is 3.92. The number of nitrogens with one attached hydrogen (secondary N) is 2. The SMILES string of the molecule is CC(=O)NC1CCCCC1.COc1cc(CNC(=O)c2cc(-c3cc(C)no3)nc(C)n2)ccc1F. The molecule has 1 aliphatic carbocycles. The Morgan fingerprint density at radius 1 is 1.11 bits per heavy atom. The first-order valence-electron chi connectivity index (χ1n) is 11.9. The molecular formula is C26H32FN5O4. The van der Waals surface area contributed by atoms with Crippen LogP contribution in [0.2, 0.25) is 0 Å². The van der Waals surface area contributed by atoms with E-state index in [1.807, 2.05) is 0 Å². The molecule has 1 aromatic carbocycles. The van der Waals surface area contributed by atoms with E-state index in [1.165, 1.54) is 57.4 Å². The van der Waals surface area contributed by atoms with Gasteiger partial charge in [0.05, 0.1) is 12.8 Å². The predicted molar refractivity (Wildman–Crippen MR) is 132 cm³/mol. The van der Waals surface area contributed by atoms with Crippen LogP contribution in [0.15, 0.2) is 34.9 Å². The number of rotatable bonds is 6. The molecule has 4 rings (SSSR count). The van der Waals surface area contributed by atoms with Crippen LogP contribution in [0.5, 0.6) is 5.75 Å². The lowest BCUT2D eigenvalue weighted by molar-refractivity contribution is -0.119. The van der Waals surface area contributed by atoms with Gasteiger partial charge in [-0.25, -0.2) is 14.4 Å². The average molecular weight is 498 g/mol. The number of aryl methyl sites for hydroxylation is 2. The predicted octanol–water partition coefficient (Wildman–Crippen LogP) is 4.28. The molecule has 0 bridgehead atoms. The van der Waals surface area contributed by atoms with Gasteiger partial charge in [0, 0.05) is 25.6 Å². The first-order valence-corrected chi connectivity index (χ1v) is 11.9. The topological polar surface area (TPSA) is 119 Å². The Morgan fingerprint density at radius 2 is 1.86 bits per heavy atom. The number of aromatic nitrogens is 3. The zero-order chi connectivity index (χ0) is 26.1. The maximum absolute atomic E-state index is 13.4. The molecule has 2 N–H and O–H groups in total. The van der Waals surface area contributed by atoms with E-state index >= 15 is 0 Å². The van der Waals surface area contributed by atoms with Crippen LogP contribution in [0, 0.1) is 19.7 Å². The number of hydrogen-bond acceptors (Lipinski definition) is 7. The van der Waals surface area contributed by atoms with Crippen LogP contribution in [0.4, 0.5) is 4.39 Å². The molecule has 9 nitrogen and oxygen atoms in total. The largest absolute Gasteiger partial charge is 0.494 e. The molecule has 0 spiro atoms. The minimum Gasteiger partial charge on any atom is -0.494 e. The Bertz CT molecular complexity index is 1190. The first kappa shape index (κ1) is 26.8. The molecule has 0 saturated heterocycles. The van der Waals surface area contributed by atoms with Crippen molar-refractivity contribution in [3.8, 4) is 17.2 Å². The quantitative estimate of drug-likeness (QED) is 0.522. The smallest absolute Gasteiger partial charge is 0.270 e. The number of amides is 2. The lowest BCUT2D eigenvalue weighted by Gasteiger charge is -2.21. The number of ether oxygens (including phenoxy) is 1. The lowest BCUT2D eigenvalue weighted by atomic mass is 9.95. The minimum atomic E-state index is -0.457. The van der Waals surface area contributed by atoms with Gasteiger partial charge in [0.15, 0.2) is 17.3 Å². The monoisotopic (exact) mass is 497 g/mol. The number of halogens is 1. The van der Waals surface area contributed by atoms with Crippen molar-refractivity contribution in [2.24, 2.45) is 0 Å². The molecule has 2 aromatic heterocycles. The molecule has 0 unspecified atom stereocenters. The van der Waals surface area contributed by atoms with Crippen LogP contribution in [0.1, 0.15) is 66.6 Å². The summed E-state index contributed by atoms with van der Waals surface area (Å²) in [6.07, 6.45) is 6.27. The zero-order valence-electron chi connectivity index (χ0n) is 21.1. The van der Waals surface area contributed by atoms with E-state index in [9.17, 15) is 14.0 Å². The molecule has 0 atom stereocenters. The van der Waals surface area contributed by atoms with Crippen molar-refractivity contribution in [2.75, 3.05) is 7.11 Å². The highest BCUT2D eigenvalue weighted by molar-refractivity contribution is 5.93. The van der Waals surface area contributed by atoms with Gasteiger partial charge in [-0.15, -0.1) is 0 Å². The number of benzene rings is 1. The lowest BCUT2D eigenvalue weighted by Crippen LogP contribution is -2.34. The third-order valence-electron chi connectivity index (χ3n) is 5.63. The summed E-state index contributed by atoms with van der Waals surface area (Å²) in [6, 6.07) is 8.14. The van der Waals surface area contributed by atoms with Gasteiger partial charge in [-0.2, -0.15) is 0 Å². The van der Waals surface area contributed by atoms with E-state index in [2.05, 4.69) is 25.8 Å². The highest BCUT2D eigenvalue weighted by Crippen LogP contribution is 2.20. The maximum atomic E-state index is 13.4. The zero-order valence-corrected chi connectivity index (χ0v) is 21.1. The molecular weight excluding hydrogens is 465 g/mol. The molecule has 2 amide bonds. The van der Waals surface area contributed by atoms with Crippen molar-refractivity contribution in [2.45, 2.75) is 65.5 Å². The second-order valence-electron chi connectivity index (χ2n) is 8.71. The summed E-state index contributed by atoms with van der Waals surface area (Å²) in [7, 11) is 1.39. The molecule has 2 heterocycles. The molecule has 1 aliphatic rings. The normalized spacial score (nSPS) is 13.4. The Labute approximate surface area is 209 Å². The number of hydrogen-bond donors (Lipinski definition) is 2. The van der Waals surface area contributed by atoms with Gasteiger partial charge < -0.3 is 19.9 Å². The number of carbonyl (C=O) groups excluding carboxylic acids is 2. The van der Waals surface area contributed by atoms with Gasteiger partial charge in [0.2, 0.25) is 5.91 Å². The van der Waals surface area contributed by atoms with E-state index in [0.717, 1.165) is 0 Å². The molecule has 192 valence electrons. The highest BCUT2D eigenvalue weighted by atomic mass is 19.1. The molecule has 3 aromatic rings. The number of nitrogens with zero attached hydrogens (tertiary/aromatic N) is 3. The molecule has 0 aliphatic heterocycles. The van der Waals surface area contributed by atoms with E-state index in [-0.39, 0.29) is 29.8 Å². The Balaban J connectivity index is 0.000000303. The van der Waals surface area contributed by atoms with E-state index in [1.54, 1.807) is 32.9 Å². The van der Waals surface area contributed by atoms with Crippen LogP contribution in [-0.4, -0.2) is 40.1 Å². The molecule has 0 radical (unpaired) electrons. The second kappa shape index (κ2) is 12.8. The summed E-state index contributed by atoms with van der Waals surface area (Å²) < 4.78 is 23.6. The molecule has 10 heteroatoms. The first-order chi connectivity index (χ1) is 17.2. The standard InChI is InChI=1S/C18H17FN4O3.C8H15NO/c1-10-6-17(26-23-10)14-8-15(22-11(2)21-14)18(24)20-9-12-4-5-13(19)16(7-12)25-3;1-7(10)9-8-5-3-2-4-6-8/h4-8H,9H2,1-3H3,(H,20,24);8H,2-6H2,1H3,(H,9,10). The van der Waals surface area contributed by atoms with Gasteiger partial charge in [-0.1, -0.05) is 30.5 Å². The highest BCUT2D eigenvalue weighted by Gasteiger charge is 2.15. The van der Waals surface area contributed by atoms with Crippen molar-refractivity contribution >= 4 is 11.8 Å². The van der Waals surface area contributed by atoms with Crippen molar-refractivity contribution in [3.05, 3.63) is 58.9 Å². The molecule has 1 saturated carbocycles. The van der Waals surface area contributed by atoms with E-state index in [0.29, 0.717) is 34.6 Å². The summed E-state index contributed by atoms with van der Waals surface area (Å²) in [5, 5.41) is 9.50. The van der Waals surface area contributed by atoms with Gasteiger partial charge >= 0.3 is 0 Å². The van der Waals surface area contributed by atoms with Crippen LogP contribution >= 0.6 is 0 Å². The van der Waals surface area contributed by atoms with E-state index < -0.39 is 5.82 Å². The van der Waals surface area contributed by atoms with Crippen LogP contribution in [-0.2, 0) is 11.3 Å². The fourth-order valence-corrected chi connectivity index (χ4v) is 3.92. The van der Waals surface area contributed by atoms with Gasteiger partial charge in [0.25, 0.3) is 5.91 Å². The van der Waals surface area contributed by atoms with E-state index in [4.69, 9.17) is 9.26 Å². The summed E-state index contributed by atoms with van der Waals surface area (Å²) in [5.74, 6) is 0.303. The summed E-state index contributed by atoms with van der Waals surface area (Å²) in [4.78, 5) is 31.5.